The third-order valence-electron chi connectivity index (χ3n) is 2.40. The first-order chi connectivity index (χ1) is 8.97. The van der Waals surface area contributed by atoms with Gasteiger partial charge in [-0.1, -0.05) is 0 Å². The Kier molecular flexibility index (Phi) is 4.11. The molecule has 98 valence electrons. The van der Waals surface area contributed by atoms with E-state index in [4.69, 9.17) is 5.11 Å². The third kappa shape index (κ3) is 3.27. The smallest absolute Gasteiger partial charge is 0.255 e. The molecule has 1 amide bonds. The van der Waals surface area contributed by atoms with Gasteiger partial charge in [0.1, 0.15) is 11.5 Å². The van der Waals surface area contributed by atoms with E-state index in [-0.39, 0.29) is 17.4 Å². The monoisotopic (exact) mass is 385 g/mol. The Balaban J connectivity index is 2.22. The predicted octanol–water partition coefficient (Wildman–Crippen LogP) is 3.88. The highest BCUT2D eigenvalue weighted by Gasteiger charge is 2.10. The van der Waals surface area contributed by atoms with Gasteiger partial charge in [-0.3, -0.25) is 4.79 Å². The quantitative estimate of drug-likeness (QED) is 0.686. The van der Waals surface area contributed by atoms with Gasteiger partial charge in [0.05, 0.1) is 8.95 Å². The fourth-order valence-corrected chi connectivity index (χ4v) is 2.64. The van der Waals surface area contributed by atoms with Crippen LogP contribution in [0.4, 0.5) is 5.69 Å². The van der Waals surface area contributed by atoms with Gasteiger partial charge in [-0.05, 0) is 68.3 Å². The number of carbonyl (C=O) groups excluding carboxylic acids is 1. The molecule has 0 fully saturated rings. The summed E-state index contributed by atoms with van der Waals surface area (Å²) in [4.78, 5) is 11.9. The Bertz CT molecular complexity index is 603. The molecule has 3 N–H and O–H groups in total. The van der Waals surface area contributed by atoms with Crippen molar-refractivity contribution in [2.24, 2.45) is 0 Å². The lowest BCUT2D eigenvalue weighted by Crippen LogP contribution is -2.11. The first kappa shape index (κ1) is 13.9. The Morgan fingerprint density at radius 3 is 2.05 bits per heavy atom. The van der Waals surface area contributed by atoms with Crippen LogP contribution in [0.1, 0.15) is 10.4 Å². The van der Waals surface area contributed by atoms with Crippen molar-refractivity contribution in [1.29, 1.82) is 0 Å². The molecule has 0 aliphatic heterocycles. The highest BCUT2D eigenvalue weighted by Crippen LogP contribution is 2.35. The molecule has 2 rings (SSSR count). The molecule has 0 bridgehead atoms. The van der Waals surface area contributed by atoms with Crippen LogP contribution in [0.25, 0.3) is 0 Å². The molecule has 0 radical (unpaired) electrons. The van der Waals surface area contributed by atoms with Crippen LogP contribution in [0.15, 0.2) is 45.3 Å². The van der Waals surface area contributed by atoms with Gasteiger partial charge in [0, 0.05) is 11.3 Å². The Hall–Kier alpha value is -1.53. The Morgan fingerprint density at radius 1 is 1.00 bits per heavy atom. The number of hydrogen-bond acceptors (Lipinski definition) is 3. The normalized spacial score (nSPS) is 10.2. The molecule has 2 aromatic rings. The SMILES string of the molecule is O=C(Nc1cc(Br)c(O)c(Br)c1)c1ccc(O)cc1. The number of anilines is 1. The molecule has 4 nitrogen and oxygen atoms in total. The molecule has 0 saturated heterocycles. The van der Waals surface area contributed by atoms with Crippen LogP contribution in [0.2, 0.25) is 0 Å². The van der Waals surface area contributed by atoms with Crippen molar-refractivity contribution in [2.45, 2.75) is 0 Å². The maximum Gasteiger partial charge on any atom is 0.255 e. The third-order valence-corrected chi connectivity index (χ3v) is 3.61. The van der Waals surface area contributed by atoms with E-state index in [0.29, 0.717) is 20.2 Å². The van der Waals surface area contributed by atoms with Crippen molar-refractivity contribution in [3.05, 3.63) is 50.9 Å². The fourth-order valence-electron chi connectivity index (χ4n) is 1.45. The van der Waals surface area contributed by atoms with E-state index in [1.54, 1.807) is 12.1 Å². The van der Waals surface area contributed by atoms with E-state index in [1.807, 2.05) is 0 Å². The zero-order valence-corrected chi connectivity index (χ0v) is 12.7. The summed E-state index contributed by atoms with van der Waals surface area (Å²) in [6.07, 6.45) is 0. The second-order valence-electron chi connectivity index (χ2n) is 3.79. The summed E-state index contributed by atoms with van der Waals surface area (Å²) in [6.45, 7) is 0. The molecule has 0 aliphatic carbocycles. The Morgan fingerprint density at radius 2 is 1.53 bits per heavy atom. The number of halogens is 2. The molecule has 2 aromatic carbocycles. The fraction of sp³-hybridized carbons (Fsp3) is 0. The van der Waals surface area contributed by atoms with Crippen molar-refractivity contribution in [3.63, 3.8) is 0 Å². The zero-order valence-electron chi connectivity index (χ0n) is 9.52. The second-order valence-corrected chi connectivity index (χ2v) is 5.50. The second kappa shape index (κ2) is 5.63. The first-order valence-electron chi connectivity index (χ1n) is 5.26. The molecule has 0 heterocycles. The highest BCUT2D eigenvalue weighted by atomic mass is 79.9. The summed E-state index contributed by atoms with van der Waals surface area (Å²) in [5.41, 5.74) is 0.966. The van der Waals surface area contributed by atoms with Gasteiger partial charge in [-0.15, -0.1) is 0 Å². The number of phenols is 2. The molecule has 0 saturated carbocycles. The maximum absolute atomic E-state index is 11.9. The van der Waals surface area contributed by atoms with Gasteiger partial charge in [-0.25, -0.2) is 0 Å². The first-order valence-corrected chi connectivity index (χ1v) is 6.84. The predicted molar refractivity (Wildman–Crippen MR) is 79.6 cm³/mol. The molecule has 19 heavy (non-hydrogen) atoms. The molecule has 0 unspecified atom stereocenters. The van der Waals surface area contributed by atoms with E-state index in [9.17, 15) is 9.90 Å². The molecule has 6 heteroatoms. The standard InChI is InChI=1S/C13H9Br2NO3/c14-10-5-8(6-11(15)12(10)18)16-13(19)7-1-3-9(17)4-2-7/h1-6,17-18H,(H,16,19). The summed E-state index contributed by atoms with van der Waals surface area (Å²) < 4.78 is 0.950. The molecule has 0 aliphatic rings. The van der Waals surface area contributed by atoms with Gasteiger partial charge < -0.3 is 15.5 Å². The summed E-state index contributed by atoms with van der Waals surface area (Å²) in [6, 6.07) is 9.12. The number of phenolic OH excluding ortho intramolecular Hbond substituents is 2. The number of hydrogen-bond donors (Lipinski definition) is 3. The van der Waals surface area contributed by atoms with Crippen molar-refractivity contribution in [2.75, 3.05) is 5.32 Å². The number of rotatable bonds is 2. The van der Waals surface area contributed by atoms with Crippen LogP contribution in [0, 0.1) is 0 Å². The van der Waals surface area contributed by atoms with Gasteiger partial charge in [-0.2, -0.15) is 0 Å². The summed E-state index contributed by atoms with van der Waals surface area (Å²) in [5.74, 6) is -0.126. The minimum absolute atomic E-state index is 0.0719. The summed E-state index contributed by atoms with van der Waals surface area (Å²) >= 11 is 6.38. The number of benzene rings is 2. The molecular weight excluding hydrogens is 378 g/mol. The minimum atomic E-state index is -0.301. The van der Waals surface area contributed by atoms with E-state index >= 15 is 0 Å². The number of nitrogens with one attached hydrogen (secondary N) is 1. The summed E-state index contributed by atoms with van der Waals surface area (Å²) in [7, 11) is 0. The van der Waals surface area contributed by atoms with Gasteiger partial charge in [0.25, 0.3) is 5.91 Å². The average molecular weight is 387 g/mol. The lowest BCUT2D eigenvalue weighted by atomic mass is 10.2. The van der Waals surface area contributed by atoms with Crippen LogP contribution < -0.4 is 5.32 Å². The molecular formula is C13H9Br2NO3. The summed E-state index contributed by atoms with van der Waals surface area (Å²) in [5, 5.41) is 21.4. The highest BCUT2D eigenvalue weighted by molar-refractivity contribution is 9.11. The van der Waals surface area contributed by atoms with Crippen molar-refractivity contribution < 1.29 is 15.0 Å². The number of amides is 1. The van der Waals surface area contributed by atoms with E-state index < -0.39 is 0 Å². The zero-order chi connectivity index (χ0) is 14.0. The molecule has 0 spiro atoms. The van der Waals surface area contributed by atoms with E-state index in [1.165, 1.54) is 24.3 Å². The lowest BCUT2D eigenvalue weighted by molar-refractivity contribution is 0.102. The maximum atomic E-state index is 11.9. The van der Waals surface area contributed by atoms with Gasteiger partial charge >= 0.3 is 0 Å². The average Bonchev–Trinajstić information content (AvgIpc) is 2.36. The largest absolute Gasteiger partial charge is 0.508 e. The number of carbonyl (C=O) groups is 1. The van der Waals surface area contributed by atoms with Crippen LogP contribution in [-0.4, -0.2) is 16.1 Å². The van der Waals surface area contributed by atoms with Crippen LogP contribution >= 0.6 is 31.9 Å². The van der Waals surface area contributed by atoms with Crippen LogP contribution in [-0.2, 0) is 0 Å². The van der Waals surface area contributed by atoms with Crippen LogP contribution in [0.3, 0.4) is 0 Å². The van der Waals surface area contributed by atoms with E-state index in [2.05, 4.69) is 37.2 Å². The van der Waals surface area contributed by atoms with Crippen molar-refractivity contribution in [3.8, 4) is 11.5 Å². The molecule has 0 atom stereocenters. The van der Waals surface area contributed by atoms with Gasteiger partial charge in [0.2, 0.25) is 0 Å². The molecule has 0 aromatic heterocycles. The van der Waals surface area contributed by atoms with Crippen molar-refractivity contribution in [1.82, 2.24) is 0 Å². The van der Waals surface area contributed by atoms with Crippen LogP contribution in [0.5, 0.6) is 11.5 Å². The van der Waals surface area contributed by atoms with Gasteiger partial charge in [0.15, 0.2) is 0 Å². The topological polar surface area (TPSA) is 69.6 Å². The van der Waals surface area contributed by atoms with E-state index in [0.717, 1.165) is 0 Å². The lowest BCUT2D eigenvalue weighted by Gasteiger charge is -2.08. The Labute approximate surface area is 126 Å². The van der Waals surface area contributed by atoms with Crippen molar-refractivity contribution >= 4 is 43.5 Å². The minimum Gasteiger partial charge on any atom is -0.508 e. The number of aromatic hydroxyl groups is 2.